The Hall–Kier alpha value is -1.95. The number of methoxy groups -OCH3 is 2. The fraction of sp³-hybridized carbons (Fsp3) is 0.611. The van der Waals surface area contributed by atoms with Crippen molar-refractivity contribution < 1.29 is 14.3 Å². The summed E-state index contributed by atoms with van der Waals surface area (Å²) in [4.78, 5) is 14.2. The van der Waals surface area contributed by atoms with E-state index < -0.39 is 6.04 Å². The summed E-state index contributed by atoms with van der Waals surface area (Å²) in [6.45, 7) is 5.43. The van der Waals surface area contributed by atoms with Gasteiger partial charge in [0.15, 0.2) is 0 Å². The minimum Gasteiger partial charge on any atom is -0.497 e. The van der Waals surface area contributed by atoms with Crippen LogP contribution >= 0.6 is 0 Å². The third-order valence-electron chi connectivity index (χ3n) is 4.53. The van der Waals surface area contributed by atoms with Gasteiger partial charge in [-0.1, -0.05) is 13.8 Å². The van der Waals surface area contributed by atoms with Crippen molar-refractivity contribution in [1.29, 1.82) is 0 Å². The summed E-state index contributed by atoms with van der Waals surface area (Å²) in [7, 11) is 3.28. The number of benzene rings is 1. The van der Waals surface area contributed by atoms with Crippen LogP contribution in [0, 0.1) is 5.92 Å². The van der Waals surface area contributed by atoms with Gasteiger partial charge in [-0.25, -0.2) is 0 Å². The quantitative estimate of drug-likeness (QED) is 0.832. The van der Waals surface area contributed by atoms with Crippen LogP contribution in [-0.4, -0.2) is 50.2 Å². The molecule has 6 heteroatoms. The lowest BCUT2D eigenvalue weighted by molar-refractivity contribution is -0.134. The van der Waals surface area contributed by atoms with Gasteiger partial charge in [-0.3, -0.25) is 4.79 Å². The lowest BCUT2D eigenvalue weighted by Gasteiger charge is -2.35. The molecule has 1 aromatic rings. The summed E-state index contributed by atoms with van der Waals surface area (Å²) >= 11 is 0. The molecule has 0 saturated carbocycles. The first-order chi connectivity index (χ1) is 11.4. The molecule has 3 N–H and O–H groups in total. The Kier molecular flexibility index (Phi) is 6.31. The molecular formula is C18H29N3O3. The van der Waals surface area contributed by atoms with E-state index in [0.717, 1.165) is 43.1 Å². The number of likely N-dealkylation sites (tertiary alicyclic amines) is 1. The number of carbonyl (C=O) groups is 1. The number of hydrogen-bond donors (Lipinski definition) is 2. The molecule has 24 heavy (non-hydrogen) atoms. The largest absolute Gasteiger partial charge is 0.497 e. The minimum absolute atomic E-state index is 0.0616. The van der Waals surface area contributed by atoms with Gasteiger partial charge in [-0.2, -0.15) is 0 Å². The second kappa shape index (κ2) is 8.24. The van der Waals surface area contributed by atoms with Crippen LogP contribution in [0.4, 0.5) is 5.69 Å². The van der Waals surface area contributed by atoms with E-state index in [-0.39, 0.29) is 11.8 Å². The monoisotopic (exact) mass is 335 g/mol. The average molecular weight is 335 g/mol. The van der Waals surface area contributed by atoms with Gasteiger partial charge in [-0.15, -0.1) is 0 Å². The molecule has 134 valence electrons. The molecule has 1 atom stereocenters. The minimum atomic E-state index is -0.405. The normalized spacial score (nSPS) is 16.8. The van der Waals surface area contributed by atoms with Gasteiger partial charge in [0.1, 0.15) is 11.5 Å². The van der Waals surface area contributed by atoms with Crippen LogP contribution in [0.15, 0.2) is 18.2 Å². The van der Waals surface area contributed by atoms with Crippen LogP contribution < -0.4 is 20.5 Å². The van der Waals surface area contributed by atoms with E-state index in [1.807, 2.05) is 36.9 Å². The fourth-order valence-electron chi connectivity index (χ4n) is 2.87. The lowest BCUT2D eigenvalue weighted by atomic mass is 10.00. The first kappa shape index (κ1) is 18.4. The summed E-state index contributed by atoms with van der Waals surface area (Å²) in [5.41, 5.74) is 6.95. The van der Waals surface area contributed by atoms with E-state index in [1.165, 1.54) is 0 Å². The first-order valence-electron chi connectivity index (χ1n) is 8.48. The number of nitrogens with one attached hydrogen (secondary N) is 1. The zero-order valence-corrected chi connectivity index (χ0v) is 15.0. The lowest BCUT2D eigenvalue weighted by Crippen LogP contribution is -2.50. The molecule has 1 heterocycles. The van der Waals surface area contributed by atoms with E-state index in [9.17, 15) is 4.79 Å². The number of ether oxygens (including phenoxy) is 2. The van der Waals surface area contributed by atoms with Crippen molar-refractivity contribution in [2.75, 3.05) is 32.6 Å². The van der Waals surface area contributed by atoms with Crippen molar-refractivity contribution in [1.82, 2.24) is 4.90 Å². The fourth-order valence-corrected chi connectivity index (χ4v) is 2.87. The SMILES string of the molecule is COc1cc(NC2CCN(C(=O)[C@@H](N)C(C)C)CC2)cc(OC)c1. The van der Waals surface area contributed by atoms with E-state index >= 15 is 0 Å². The van der Waals surface area contributed by atoms with Crippen LogP contribution in [0.5, 0.6) is 11.5 Å². The van der Waals surface area contributed by atoms with Gasteiger partial charge in [-0.05, 0) is 18.8 Å². The third-order valence-corrected chi connectivity index (χ3v) is 4.53. The summed E-state index contributed by atoms with van der Waals surface area (Å²) in [6.07, 6.45) is 1.80. The second-order valence-electron chi connectivity index (χ2n) is 6.62. The standard InChI is InChI=1S/C18H29N3O3/c1-12(2)17(19)18(22)21-7-5-13(6-8-21)20-14-9-15(23-3)11-16(10-14)24-4/h9-13,17,20H,5-8,19H2,1-4H3/t17-/m0/s1. The molecule has 1 aromatic carbocycles. The molecule has 6 nitrogen and oxygen atoms in total. The highest BCUT2D eigenvalue weighted by Gasteiger charge is 2.27. The van der Waals surface area contributed by atoms with E-state index in [4.69, 9.17) is 15.2 Å². The van der Waals surface area contributed by atoms with Gasteiger partial charge < -0.3 is 25.4 Å². The summed E-state index contributed by atoms with van der Waals surface area (Å²) in [5.74, 6) is 1.74. The molecule has 1 aliphatic heterocycles. The Morgan fingerprint density at radius 1 is 1.17 bits per heavy atom. The number of carbonyl (C=O) groups excluding carboxylic acids is 1. The van der Waals surface area contributed by atoms with Crippen molar-refractivity contribution in [2.45, 2.75) is 38.8 Å². The average Bonchev–Trinajstić information content (AvgIpc) is 2.60. The predicted molar refractivity (Wildman–Crippen MR) is 95.6 cm³/mol. The molecule has 0 unspecified atom stereocenters. The van der Waals surface area contributed by atoms with Gasteiger partial charge in [0, 0.05) is 43.0 Å². The maximum Gasteiger partial charge on any atom is 0.239 e. The number of hydrogen-bond acceptors (Lipinski definition) is 5. The van der Waals surface area contributed by atoms with Crippen molar-refractivity contribution >= 4 is 11.6 Å². The maximum absolute atomic E-state index is 12.3. The van der Waals surface area contributed by atoms with Crippen LogP contribution in [0.25, 0.3) is 0 Å². The Bertz CT molecular complexity index is 532. The van der Waals surface area contributed by atoms with Crippen LogP contribution in [0.3, 0.4) is 0 Å². The van der Waals surface area contributed by atoms with E-state index in [1.54, 1.807) is 14.2 Å². The maximum atomic E-state index is 12.3. The molecule has 0 spiro atoms. The Morgan fingerprint density at radius 3 is 2.17 bits per heavy atom. The Labute approximate surface area is 144 Å². The summed E-state index contributed by atoms with van der Waals surface area (Å²) < 4.78 is 10.6. The molecule has 0 bridgehead atoms. The molecule has 1 amide bonds. The number of nitrogens with zero attached hydrogens (tertiary/aromatic N) is 1. The number of amides is 1. The smallest absolute Gasteiger partial charge is 0.239 e. The third kappa shape index (κ3) is 4.54. The highest BCUT2D eigenvalue weighted by molar-refractivity contribution is 5.82. The van der Waals surface area contributed by atoms with E-state index in [0.29, 0.717) is 6.04 Å². The van der Waals surface area contributed by atoms with Crippen LogP contribution in [0.2, 0.25) is 0 Å². The number of rotatable bonds is 6. The van der Waals surface area contributed by atoms with Crippen molar-refractivity contribution in [3.63, 3.8) is 0 Å². The molecule has 2 rings (SSSR count). The Balaban J connectivity index is 1.92. The molecule has 0 aromatic heterocycles. The molecular weight excluding hydrogens is 306 g/mol. The molecule has 1 saturated heterocycles. The number of nitrogens with two attached hydrogens (primary N) is 1. The first-order valence-corrected chi connectivity index (χ1v) is 8.48. The molecule has 0 aliphatic carbocycles. The topological polar surface area (TPSA) is 76.8 Å². The molecule has 1 fully saturated rings. The highest BCUT2D eigenvalue weighted by Crippen LogP contribution is 2.27. The number of anilines is 1. The highest BCUT2D eigenvalue weighted by atomic mass is 16.5. The van der Waals surface area contributed by atoms with Crippen molar-refractivity contribution in [3.05, 3.63) is 18.2 Å². The summed E-state index contributed by atoms with van der Waals surface area (Å²) in [6, 6.07) is 5.67. The predicted octanol–water partition coefficient (Wildman–Crippen LogP) is 2.09. The van der Waals surface area contributed by atoms with Gasteiger partial charge >= 0.3 is 0 Å². The molecule has 0 radical (unpaired) electrons. The van der Waals surface area contributed by atoms with E-state index in [2.05, 4.69) is 5.32 Å². The van der Waals surface area contributed by atoms with Crippen LogP contribution in [0.1, 0.15) is 26.7 Å². The zero-order valence-electron chi connectivity index (χ0n) is 15.0. The Morgan fingerprint density at radius 2 is 1.71 bits per heavy atom. The second-order valence-corrected chi connectivity index (χ2v) is 6.62. The summed E-state index contributed by atoms with van der Waals surface area (Å²) in [5, 5.41) is 3.51. The van der Waals surface area contributed by atoms with Gasteiger partial charge in [0.25, 0.3) is 0 Å². The van der Waals surface area contributed by atoms with Crippen LogP contribution in [-0.2, 0) is 4.79 Å². The van der Waals surface area contributed by atoms with Gasteiger partial charge in [0.2, 0.25) is 5.91 Å². The van der Waals surface area contributed by atoms with Crippen molar-refractivity contribution in [2.24, 2.45) is 11.7 Å². The van der Waals surface area contributed by atoms with Crippen molar-refractivity contribution in [3.8, 4) is 11.5 Å². The molecule has 1 aliphatic rings. The van der Waals surface area contributed by atoms with Gasteiger partial charge in [0.05, 0.1) is 20.3 Å². The number of piperidine rings is 1. The zero-order chi connectivity index (χ0) is 17.7.